The normalized spacial score (nSPS) is 42.6. The number of hydrogen-bond acceptors (Lipinski definition) is 3. The van der Waals surface area contributed by atoms with E-state index in [0.717, 1.165) is 25.2 Å². The van der Waals surface area contributed by atoms with Crippen molar-refractivity contribution < 1.29 is 5.21 Å². The molecule has 56 valence electrons. The largest absolute Gasteiger partial charge is 0.411 e. The molecule has 2 bridgehead atoms. The molecule has 2 aliphatic rings. The third-order valence-corrected chi connectivity index (χ3v) is 2.56. The molecule has 0 spiro atoms. The minimum Gasteiger partial charge on any atom is -0.411 e. The average molecular weight is 140 g/mol. The zero-order chi connectivity index (χ0) is 6.97. The van der Waals surface area contributed by atoms with E-state index < -0.39 is 0 Å². The highest BCUT2D eigenvalue weighted by atomic mass is 16.4. The minimum atomic E-state index is 0.568. The van der Waals surface area contributed by atoms with Crippen LogP contribution in [0.15, 0.2) is 5.16 Å². The van der Waals surface area contributed by atoms with Crippen molar-refractivity contribution in [2.45, 2.75) is 12.8 Å². The fraction of sp³-hybridized carbons (Fsp3) is 0.857. The van der Waals surface area contributed by atoms with Gasteiger partial charge >= 0.3 is 0 Å². The lowest BCUT2D eigenvalue weighted by Gasteiger charge is -2.22. The van der Waals surface area contributed by atoms with Crippen molar-refractivity contribution in [1.82, 2.24) is 4.90 Å². The summed E-state index contributed by atoms with van der Waals surface area (Å²) >= 11 is 0. The molecular formula is C7H12N2O. The average Bonchev–Trinajstić information content (AvgIpc) is 2.34. The van der Waals surface area contributed by atoms with Gasteiger partial charge in [0.05, 0.1) is 5.71 Å². The van der Waals surface area contributed by atoms with Gasteiger partial charge in [0.15, 0.2) is 0 Å². The summed E-state index contributed by atoms with van der Waals surface area (Å²) in [6.45, 7) is 3.42. The van der Waals surface area contributed by atoms with Crippen LogP contribution < -0.4 is 0 Å². The van der Waals surface area contributed by atoms with E-state index in [-0.39, 0.29) is 0 Å². The van der Waals surface area contributed by atoms with E-state index in [1.807, 2.05) is 0 Å². The van der Waals surface area contributed by atoms with E-state index in [1.165, 1.54) is 13.0 Å². The van der Waals surface area contributed by atoms with E-state index in [4.69, 9.17) is 5.21 Å². The van der Waals surface area contributed by atoms with Gasteiger partial charge in [-0.1, -0.05) is 5.16 Å². The molecule has 2 heterocycles. The summed E-state index contributed by atoms with van der Waals surface area (Å²) in [4.78, 5) is 2.43. The Morgan fingerprint density at radius 3 is 3.20 bits per heavy atom. The quantitative estimate of drug-likeness (QED) is 0.394. The molecule has 3 heteroatoms. The van der Waals surface area contributed by atoms with E-state index in [2.05, 4.69) is 10.1 Å². The number of hydrogen-bond donors (Lipinski definition) is 1. The first-order chi connectivity index (χ1) is 4.90. The maximum atomic E-state index is 8.58. The van der Waals surface area contributed by atoms with Crippen LogP contribution in [0, 0.1) is 5.92 Å². The second-order valence-corrected chi connectivity index (χ2v) is 3.13. The van der Waals surface area contributed by atoms with E-state index >= 15 is 0 Å². The van der Waals surface area contributed by atoms with Crippen molar-refractivity contribution in [1.29, 1.82) is 0 Å². The van der Waals surface area contributed by atoms with Crippen LogP contribution in [0.25, 0.3) is 0 Å². The van der Waals surface area contributed by atoms with E-state index in [9.17, 15) is 0 Å². The second kappa shape index (κ2) is 2.23. The molecule has 0 saturated carbocycles. The van der Waals surface area contributed by atoms with E-state index in [0.29, 0.717) is 5.92 Å². The Bertz CT molecular complexity index is 167. The van der Waals surface area contributed by atoms with Crippen LogP contribution in [0.4, 0.5) is 0 Å². The third kappa shape index (κ3) is 0.814. The smallest absolute Gasteiger partial charge is 0.0627 e. The molecule has 1 N–H and O–H groups in total. The molecule has 2 fully saturated rings. The Hall–Kier alpha value is -0.570. The van der Waals surface area contributed by atoms with Gasteiger partial charge in [-0.2, -0.15) is 0 Å². The van der Waals surface area contributed by atoms with Crippen LogP contribution >= 0.6 is 0 Å². The summed E-state index contributed by atoms with van der Waals surface area (Å²) in [5.74, 6) is 0.568. The van der Waals surface area contributed by atoms with Gasteiger partial charge in [-0.15, -0.1) is 0 Å². The van der Waals surface area contributed by atoms with Crippen molar-refractivity contribution in [3.05, 3.63) is 0 Å². The van der Waals surface area contributed by atoms with Gasteiger partial charge in [0.25, 0.3) is 0 Å². The number of oxime groups is 1. The van der Waals surface area contributed by atoms with Crippen LogP contribution in [0.3, 0.4) is 0 Å². The molecule has 0 aliphatic carbocycles. The monoisotopic (exact) mass is 140 g/mol. The zero-order valence-electron chi connectivity index (χ0n) is 5.95. The van der Waals surface area contributed by atoms with Gasteiger partial charge < -0.3 is 10.1 Å². The minimum absolute atomic E-state index is 0.568. The topological polar surface area (TPSA) is 35.8 Å². The van der Waals surface area contributed by atoms with Gasteiger partial charge in [-0.3, -0.25) is 0 Å². The Morgan fingerprint density at radius 1 is 1.50 bits per heavy atom. The standard InChI is InChI=1S/C7H12N2O/c10-8-7-2-4-9-3-1-6(7)5-9/h6,10H,1-5H2/t6-/m0/s1. The number of rotatable bonds is 0. The molecule has 0 aromatic carbocycles. The van der Waals surface area contributed by atoms with Crippen LogP contribution in [0.2, 0.25) is 0 Å². The molecule has 2 saturated heterocycles. The fourth-order valence-electron chi connectivity index (χ4n) is 1.92. The number of piperidine rings is 1. The predicted molar refractivity (Wildman–Crippen MR) is 38.4 cm³/mol. The number of nitrogens with zero attached hydrogens (tertiary/aromatic N) is 2. The lowest BCUT2D eigenvalue weighted by Crippen LogP contribution is -2.32. The second-order valence-electron chi connectivity index (χ2n) is 3.13. The first-order valence-electron chi connectivity index (χ1n) is 3.83. The lowest BCUT2D eigenvalue weighted by atomic mass is 9.98. The zero-order valence-corrected chi connectivity index (χ0v) is 5.95. The van der Waals surface area contributed by atoms with Crippen LogP contribution in [0.1, 0.15) is 12.8 Å². The van der Waals surface area contributed by atoms with Crippen LogP contribution in [-0.2, 0) is 0 Å². The molecule has 2 aliphatic heterocycles. The summed E-state index contributed by atoms with van der Waals surface area (Å²) < 4.78 is 0. The Balaban J connectivity index is 2.14. The molecule has 1 unspecified atom stereocenters. The molecule has 3 nitrogen and oxygen atoms in total. The van der Waals surface area contributed by atoms with Crippen molar-refractivity contribution in [3.63, 3.8) is 0 Å². The predicted octanol–water partition coefficient (Wildman–Crippen LogP) is 0.542. The third-order valence-electron chi connectivity index (χ3n) is 2.56. The summed E-state index contributed by atoms with van der Waals surface area (Å²) in [5, 5.41) is 11.9. The van der Waals surface area contributed by atoms with Gasteiger partial charge in [-0.05, 0) is 13.0 Å². The van der Waals surface area contributed by atoms with Gasteiger partial charge in [-0.25, -0.2) is 0 Å². The van der Waals surface area contributed by atoms with Crippen LogP contribution in [0.5, 0.6) is 0 Å². The Kier molecular flexibility index (Phi) is 1.38. The van der Waals surface area contributed by atoms with Crippen LogP contribution in [-0.4, -0.2) is 35.5 Å². The van der Waals surface area contributed by atoms with Gasteiger partial charge in [0.1, 0.15) is 0 Å². The Labute approximate surface area is 60.3 Å². The van der Waals surface area contributed by atoms with Crippen molar-refractivity contribution in [2.75, 3.05) is 19.6 Å². The highest BCUT2D eigenvalue weighted by Crippen LogP contribution is 2.24. The first kappa shape index (κ1) is 6.16. The maximum absolute atomic E-state index is 8.58. The molecule has 0 radical (unpaired) electrons. The van der Waals surface area contributed by atoms with E-state index in [1.54, 1.807) is 0 Å². The molecule has 0 aromatic rings. The fourth-order valence-corrected chi connectivity index (χ4v) is 1.92. The molecular weight excluding hydrogens is 128 g/mol. The summed E-state index contributed by atoms with van der Waals surface area (Å²) in [5.41, 5.74) is 1.02. The van der Waals surface area contributed by atoms with Gasteiger partial charge in [0, 0.05) is 25.4 Å². The summed E-state index contributed by atoms with van der Waals surface area (Å²) in [6, 6.07) is 0. The lowest BCUT2D eigenvalue weighted by molar-refractivity contribution is 0.295. The molecule has 0 aromatic heterocycles. The van der Waals surface area contributed by atoms with Crippen molar-refractivity contribution >= 4 is 5.71 Å². The first-order valence-corrected chi connectivity index (χ1v) is 3.83. The summed E-state index contributed by atoms with van der Waals surface area (Å²) in [7, 11) is 0. The van der Waals surface area contributed by atoms with Gasteiger partial charge in [0.2, 0.25) is 0 Å². The highest BCUT2D eigenvalue weighted by Gasteiger charge is 2.31. The van der Waals surface area contributed by atoms with Crippen molar-refractivity contribution in [3.8, 4) is 0 Å². The molecule has 0 amide bonds. The molecule has 2 rings (SSSR count). The van der Waals surface area contributed by atoms with Crippen molar-refractivity contribution in [2.24, 2.45) is 11.1 Å². The summed E-state index contributed by atoms with van der Waals surface area (Å²) in [6.07, 6.45) is 2.17. The number of fused-ring (bicyclic) bond motifs is 2. The Morgan fingerprint density at radius 2 is 2.40 bits per heavy atom. The maximum Gasteiger partial charge on any atom is 0.0627 e. The highest BCUT2D eigenvalue weighted by molar-refractivity contribution is 5.87. The SMILES string of the molecule is ON=C1CCN2CC[C@H]1C2. The molecule has 2 atom stereocenters. The molecule has 10 heavy (non-hydrogen) atoms.